The van der Waals surface area contributed by atoms with Gasteiger partial charge in [-0.05, 0) is 75.3 Å². The van der Waals surface area contributed by atoms with Crippen LogP contribution in [-0.4, -0.2) is 0 Å². The summed E-state index contributed by atoms with van der Waals surface area (Å²) >= 11 is 0. The third-order valence-corrected chi connectivity index (χ3v) is 9.33. The minimum Gasteiger partial charge on any atom is -0.457 e. The van der Waals surface area contributed by atoms with E-state index in [0.29, 0.717) is 0 Å². The fraction of sp³-hybridized carbons (Fsp3) is 0.0233. The second kappa shape index (κ2) is 10.1. The molecule has 0 saturated heterocycles. The fourth-order valence-corrected chi connectivity index (χ4v) is 7.43. The number of benzene rings is 7. The van der Waals surface area contributed by atoms with Crippen molar-refractivity contribution in [1.29, 1.82) is 0 Å². The predicted octanol–water partition coefficient (Wildman–Crippen LogP) is 11.2. The standard InChI is InChI=1S/C43H29NO/c1-2-13-29(14-3-1)30-15-12-16-31(27-30)33-17-6-10-23-40(33)44-32-25-26-42-39(28-32)43(38-22-9-11-24-41(38)45-42)36-20-7-4-18-34(36)35-19-5-8-21-37(35)43/h1-28,44H. The van der Waals surface area contributed by atoms with Gasteiger partial charge in [0.25, 0.3) is 0 Å². The molecular formula is C43H29NO. The molecule has 212 valence electrons. The molecule has 0 saturated carbocycles. The molecule has 2 nitrogen and oxygen atoms in total. The Morgan fingerprint density at radius 1 is 0.378 bits per heavy atom. The van der Waals surface area contributed by atoms with Gasteiger partial charge >= 0.3 is 0 Å². The zero-order chi connectivity index (χ0) is 29.8. The van der Waals surface area contributed by atoms with E-state index in [4.69, 9.17) is 4.74 Å². The Hall–Kier alpha value is -5.86. The van der Waals surface area contributed by atoms with Gasteiger partial charge in [-0.3, -0.25) is 0 Å². The molecule has 0 aromatic heterocycles. The number of fused-ring (bicyclic) bond motifs is 9. The van der Waals surface area contributed by atoms with E-state index < -0.39 is 5.41 Å². The van der Waals surface area contributed by atoms with Crippen molar-refractivity contribution in [3.8, 4) is 44.9 Å². The highest BCUT2D eigenvalue weighted by Gasteiger charge is 2.50. The maximum Gasteiger partial charge on any atom is 0.132 e. The zero-order valence-electron chi connectivity index (χ0n) is 24.6. The Morgan fingerprint density at radius 3 is 1.73 bits per heavy atom. The van der Waals surface area contributed by atoms with E-state index in [-0.39, 0.29) is 0 Å². The van der Waals surface area contributed by atoms with Crippen molar-refractivity contribution in [2.75, 3.05) is 5.32 Å². The Labute approximate surface area is 263 Å². The van der Waals surface area contributed by atoms with Gasteiger partial charge in [-0.2, -0.15) is 0 Å². The van der Waals surface area contributed by atoms with Gasteiger partial charge < -0.3 is 10.1 Å². The monoisotopic (exact) mass is 575 g/mol. The van der Waals surface area contributed by atoms with Crippen LogP contribution in [0.2, 0.25) is 0 Å². The number of para-hydroxylation sites is 2. The molecule has 1 heterocycles. The minimum absolute atomic E-state index is 0.488. The number of nitrogens with one attached hydrogen (secondary N) is 1. The summed E-state index contributed by atoms with van der Waals surface area (Å²) in [5.41, 5.74) is 13.8. The summed E-state index contributed by atoms with van der Waals surface area (Å²) in [6.07, 6.45) is 0. The predicted molar refractivity (Wildman–Crippen MR) is 184 cm³/mol. The van der Waals surface area contributed by atoms with Crippen LogP contribution in [0.25, 0.3) is 33.4 Å². The van der Waals surface area contributed by atoms with Crippen molar-refractivity contribution in [1.82, 2.24) is 0 Å². The van der Waals surface area contributed by atoms with Crippen molar-refractivity contribution in [2.24, 2.45) is 0 Å². The minimum atomic E-state index is -0.488. The van der Waals surface area contributed by atoms with E-state index in [1.807, 2.05) is 0 Å². The first-order valence-corrected chi connectivity index (χ1v) is 15.4. The van der Waals surface area contributed by atoms with Gasteiger partial charge in [-0.25, -0.2) is 0 Å². The summed E-state index contributed by atoms with van der Waals surface area (Å²) in [6, 6.07) is 60.6. The first-order valence-electron chi connectivity index (χ1n) is 15.4. The number of hydrogen-bond acceptors (Lipinski definition) is 2. The molecule has 0 amide bonds. The summed E-state index contributed by atoms with van der Waals surface area (Å²) in [6.45, 7) is 0. The van der Waals surface area contributed by atoms with Gasteiger partial charge in [0.2, 0.25) is 0 Å². The molecule has 1 N–H and O–H groups in total. The summed E-state index contributed by atoms with van der Waals surface area (Å²) < 4.78 is 6.62. The molecule has 1 spiro atoms. The smallest absolute Gasteiger partial charge is 0.132 e. The van der Waals surface area contributed by atoms with Crippen LogP contribution >= 0.6 is 0 Å². The number of hydrogen-bond donors (Lipinski definition) is 1. The molecule has 0 bridgehead atoms. The molecule has 7 aromatic rings. The highest BCUT2D eigenvalue weighted by molar-refractivity contribution is 5.89. The Kier molecular flexibility index (Phi) is 5.76. The second-order valence-corrected chi connectivity index (χ2v) is 11.8. The summed E-state index contributed by atoms with van der Waals surface area (Å²) in [4.78, 5) is 0. The largest absolute Gasteiger partial charge is 0.457 e. The molecule has 9 rings (SSSR count). The van der Waals surface area contributed by atoms with E-state index in [1.165, 1.54) is 44.5 Å². The lowest BCUT2D eigenvalue weighted by molar-refractivity contribution is 0.436. The van der Waals surface area contributed by atoms with Crippen LogP contribution in [-0.2, 0) is 5.41 Å². The molecular weight excluding hydrogens is 546 g/mol. The van der Waals surface area contributed by atoms with Crippen molar-refractivity contribution < 1.29 is 4.74 Å². The number of ether oxygens (including phenoxy) is 1. The van der Waals surface area contributed by atoms with Crippen molar-refractivity contribution in [3.05, 3.63) is 192 Å². The van der Waals surface area contributed by atoms with Gasteiger partial charge in [-0.1, -0.05) is 133 Å². The van der Waals surface area contributed by atoms with Crippen LogP contribution in [0.15, 0.2) is 170 Å². The number of rotatable bonds is 4. The van der Waals surface area contributed by atoms with Crippen LogP contribution in [0.3, 0.4) is 0 Å². The molecule has 45 heavy (non-hydrogen) atoms. The average Bonchev–Trinajstić information content (AvgIpc) is 3.40. The van der Waals surface area contributed by atoms with E-state index in [2.05, 4.69) is 175 Å². The van der Waals surface area contributed by atoms with Crippen LogP contribution in [0.5, 0.6) is 11.5 Å². The lowest BCUT2D eigenvalue weighted by atomic mass is 9.66. The third kappa shape index (κ3) is 3.89. The SMILES string of the molecule is c1ccc(-c2cccc(-c3ccccc3Nc3ccc4c(c3)C3(c5ccccc5O4)c4ccccc4-c4ccccc43)c2)cc1. The molecule has 0 fully saturated rings. The zero-order valence-corrected chi connectivity index (χ0v) is 24.6. The molecule has 0 radical (unpaired) electrons. The molecule has 0 unspecified atom stereocenters. The van der Waals surface area contributed by atoms with E-state index in [1.54, 1.807) is 0 Å². The van der Waals surface area contributed by atoms with Gasteiger partial charge in [0.15, 0.2) is 0 Å². The highest BCUT2D eigenvalue weighted by atomic mass is 16.5. The quantitative estimate of drug-likeness (QED) is 0.225. The summed E-state index contributed by atoms with van der Waals surface area (Å²) in [5, 5.41) is 3.80. The maximum absolute atomic E-state index is 6.62. The van der Waals surface area contributed by atoms with Crippen LogP contribution in [0, 0.1) is 0 Å². The lowest BCUT2D eigenvalue weighted by Crippen LogP contribution is -2.32. The molecule has 2 heteroatoms. The topological polar surface area (TPSA) is 21.3 Å². The van der Waals surface area contributed by atoms with Gasteiger partial charge in [-0.15, -0.1) is 0 Å². The van der Waals surface area contributed by atoms with Crippen molar-refractivity contribution in [2.45, 2.75) is 5.41 Å². The summed E-state index contributed by atoms with van der Waals surface area (Å²) in [5.74, 6) is 1.79. The molecule has 7 aromatic carbocycles. The van der Waals surface area contributed by atoms with E-state index in [9.17, 15) is 0 Å². The van der Waals surface area contributed by atoms with Gasteiger partial charge in [0.1, 0.15) is 11.5 Å². The average molecular weight is 576 g/mol. The van der Waals surface area contributed by atoms with Crippen molar-refractivity contribution >= 4 is 11.4 Å². The number of anilines is 2. The van der Waals surface area contributed by atoms with Crippen LogP contribution in [0.1, 0.15) is 22.3 Å². The van der Waals surface area contributed by atoms with Gasteiger partial charge in [0, 0.05) is 28.1 Å². The molecule has 1 aliphatic heterocycles. The normalized spacial score (nSPS) is 13.2. The second-order valence-electron chi connectivity index (χ2n) is 11.8. The Bertz CT molecular complexity index is 2190. The summed E-state index contributed by atoms with van der Waals surface area (Å²) in [7, 11) is 0. The Morgan fingerprint density at radius 2 is 0.956 bits per heavy atom. The third-order valence-electron chi connectivity index (χ3n) is 9.33. The first-order chi connectivity index (χ1) is 22.3. The lowest BCUT2D eigenvalue weighted by Gasteiger charge is -2.39. The van der Waals surface area contributed by atoms with E-state index >= 15 is 0 Å². The van der Waals surface area contributed by atoms with Gasteiger partial charge in [0.05, 0.1) is 5.41 Å². The van der Waals surface area contributed by atoms with Crippen LogP contribution < -0.4 is 10.1 Å². The molecule has 2 aliphatic rings. The molecule has 0 atom stereocenters. The van der Waals surface area contributed by atoms with Crippen molar-refractivity contribution in [3.63, 3.8) is 0 Å². The van der Waals surface area contributed by atoms with E-state index in [0.717, 1.165) is 34.0 Å². The first kappa shape index (κ1) is 25.6. The highest BCUT2D eigenvalue weighted by Crippen LogP contribution is 2.62. The Balaban J connectivity index is 1.20. The fourth-order valence-electron chi connectivity index (χ4n) is 7.43. The van der Waals surface area contributed by atoms with Crippen LogP contribution in [0.4, 0.5) is 11.4 Å². The maximum atomic E-state index is 6.62. The molecule has 1 aliphatic carbocycles.